The molecule has 0 saturated carbocycles. The van der Waals surface area contributed by atoms with Crippen molar-refractivity contribution >= 4 is 0 Å². The zero-order valence-corrected chi connectivity index (χ0v) is 10.4. The lowest BCUT2D eigenvalue weighted by molar-refractivity contribution is 0.162. The molecule has 0 radical (unpaired) electrons. The third kappa shape index (κ3) is 3.03. The molecule has 0 aromatic heterocycles. The lowest BCUT2D eigenvalue weighted by Crippen LogP contribution is -2.34. The number of benzene rings is 1. The zero-order chi connectivity index (χ0) is 12.1. The largest absolute Gasteiger partial charge is 0.493 e. The number of methoxy groups -OCH3 is 2. The second kappa shape index (κ2) is 5.77. The van der Waals surface area contributed by atoms with Crippen molar-refractivity contribution in [1.82, 2.24) is 5.32 Å². The standard InChI is InChI=1S/C13H19NO3/c1-15-12-4-3-11(9-13(12)16-2)17-10-5-7-14-8-6-10/h3-4,9-10,14H,5-8H2,1-2H3. The molecule has 0 bridgehead atoms. The SMILES string of the molecule is COc1ccc(OC2CCNCC2)cc1OC. The minimum absolute atomic E-state index is 0.300. The first-order valence-electron chi connectivity index (χ1n) is 5.93. The van der Waals surface area contributed by atoms with Gasteiger partial charge < -0.3 is 19.5 Å². The van der Waals surface area contributed by atoms with Crippen molar-refractivity contribution in [2.45, 2.75) is 18.9 Å². The van der Waals surface area contributed by atoms with Crippen LogP contribution in [0.2, 0.25) is 0 Å². The highest BCUT2D eigenvalue weighted by molar-refractivity contribution is 5.45. The molecule has 1 aromatic carbocycles. The van der Waals surface area contributed by atoms with Crippen LogP contribution in [0.4, 0.5) is 0 Å². The van der Waals surface area contributed by atoms with Gasteiger partial charge in [0.1, 0.15) is 11.9 Å². The molecule has 4 heteroatoms. The number of hydrogen-bond donors (Lipinski definition) is 1. The molecule has 1 N–H and O–H groups in total. The molecule has 0 atom stereocenters. The molecule has 4 nitrogen and oxygen atoms in total. The molecule has 0 amide bonds. The highest BCUT2D eigenvalue weighted by Gasteiger charge is 2.15. The fourth-order valence-electron chi connectivity index (χ4n) is 2.00. The molecular weight excluding hydrogens is 218 g/mol. The summed E-state index contributed by atoms with van der Waals surface area (Å²) >= 11 is 0. The molecule has 0 spiro atoms. The van der Waals surface area contributed by atoms with E-state index in [0.29, 0.717) is 11.9 Å². The van der Waals surface area contributed by atoms with Gasteiger partial charge in [-0.1, -0.05) is 0 Å². The highest BCUT2D eigenvalue weighted by Crippen LogP contribution is 2.31. The van der Waals surface area contributed by atoms with Gasteiger partial charge in [0, 0.05) is 6.07 Å². The molecule has 1 aliphatic heterocycles. The van der Waals surface area contributed by atoms with Crippen LogP contribution in [-0.4, -0.2) is 33.4 Å². The molecule has 17 heavy (non-hydrogen) atoms. The molecule has 1 aliphatic rings. The van der Waals surface area contributed by atoms with E-state index in [0.717, 1.165) is 37.4 Å². The van der Waals surface area contributed by atoms with Crippen molar-refractivity contribution in [3.05, 3.63) is 18.2 Å². The summed E-state index contributed by atoms with van der Waals surface area (Å²) < 4.78 is 16.4. The van der Waals surface area contributed by atoms with Crippen molar-refractivity contribution in [3.8, 4) is 17.2 Å². The summed E-state index contributed by atoms with van der Waals surface area (Å²) in [6.07, 6.45) is 2.40. The second-order valence-electron chi connectivity index (χ2n) is 4.08. The minimum atomic E-state index is 0.300. The smallest absolute Gasteiger partial charge is 0.164 e. The Morgan fingerprint density at radius 2 is 1.76 bits per heavy atom. The Hall–Kier alpha value is -1.42. The number of piperidine rings is 1. The van der Waals surface area contributed by atoms with E-state index in [1.165, 1.54) is 0 Å². The Morgan fingerprint density at radius 1 is 1.06 bits per heavy atom. The van der Waals surface area contributed by atoms with Crippen LogP contribution in [0.25, 0.3) is 0 Å². The van der Waals surface area contributed by atoms with Gasteiger partial charge in [-0.05, 0) is 38.1 Å². The molecule has 1 saturated heterocycles. The first-order chi connectivity index (χ1) is 8.33. The van der Waals surface area contributed by atoms with Gasteiger partial charge in [-0.3, -0.25) is 0 Å². The zero-order valence-electron chi connectivity index (χ0n) is 10.4. The molecule has 2 rings (SSSR count). The van der Waals surface area contributed by atoms with Crippen LogP contribution in [-0.2, 0) is 0 Å². The van der Waals surface area contributed by atoms with E-state index in [2.05, 4.69) is 5.32 Å². The molecule has 1 fully saturated rings. The van der Waals surface area contributed by atoms with E-state index in [4.69, 9.17) is 14.2 Å². The van der Waals surface area contributed by atoms with Gasteiger partial charge in [0.2, 0.25) is 0 Å². The van der Waals surface area contributed by atoms with Crippen molar-refractivity contribution < 1.29 is 14.2 Å². The Kier molecular flexibility index (Phi) is 4.09. The van der Waals surface area contributed by atoms with E-state index in [-0.39, 0.29) is 0 Å². The lowest BCUT2D eigenvalue weighted by Gasteiger charge is -2.24. The van der Waals surface area contributed by atoms with Crippen LogP contribution in [0, 0.1) is 0 Å². The minimum Gasteiger partial charge on any atom is -0.493 e. The Morgan fingerprint density at radius 3 is 2.41 bits per heavy atom. The molecule has 1 heterocycles. The summed E-state index contributed by atoms with van der Waals surface area (Å²) in [5, 5.41) is 3.32. The average Bonchev–Trinajstić information content (AvgIpc) is 2.40. The van der Waals surface area contributed by atoms with Gasteiger partial charge in [-0.2, -0.15) is 0 Å². The van der Waals surface area contributed by atoms with Crippen LogP contribution in [0.5, 0.6) is 17.2 Å². The summed E-state index contributed by atoms with van der Waals surface area (Å²) in [7, 11) is 3.26. The van der Waals surface area contributed by atoms with Gasteiger partial charge in [0.25, 0.3) is 0 Å². The predicted octanol–water partition coefficient (Wildman–Crippen LogP) is 1.83. The van der Waals surface area contributed by atoms with Crippen molar-refractivity contribution in [2.24, 2.45) is 0 Å². The maximum atomic E-state index is 5.92. The number of hydrogen-bond acceptors (Lipinski definition) is 4. The Labute approximate surface area is 102 Å². The second-order valence-corrected chi connectivity index (χ2v) is 4.08. The monoisotopic (exact) mass is 237 g/mol. The maximum Gasteiger partial charge on any atom is 0.164 e. The van der Waals surface area contributed by atoms with Gasteiger partial charge in [0.05, 0.1) is 14.2 Å². The molecular formula is C13H19NO3. The van der Waals surface area contributed by atoms with E-state index >= 15 is 0 Å². The maximum absolute atomic E-state index is 5.92. The molecule has 94 valence electrons. The first kappa shape index (κ1) is 12.0. The summed E-state index contributed by atoms with van der Waals surface area (Å²) in [4.78, 5) is 0. The van der Waals surface area contributed by atoms with Crippen molar-refractivity contribution in [2.75, 3.05) is 27.3 Å². The highest BCUT2D eigenvalue weighted by atomic mass is 16.5. The van der Waals surface area contributed by atoms with Gasteiger partial charge in [-0.15, -0.1) is 0 Å². The molecule has 0 unspecified atom stereocenters. The van der Waals surface area contributed by atoms with Crippen LogP contribution in [0.3, 0.4) is 0 Å². The van der Waals surface area contributed by atoms with Gasteiger partial charge in [0.15, 0.2) is 11.5 Å². The first-order valence-corrected chi connectivity index (χ1v) is 5.93. The van der Waals surface area contributed by atoms with Crippen molar-refractivity contribution in [1.29, 1.82) is 0 Å². The van der Waals surface area contributed by atoms with E-state index in [1.54, 1.807) is 14.2 Å². The number of rotatable bonds is 4. The van der Waals surface area contributed by atoms with E-state index in [1.807, 2.05) is 18.2 Å². The summed E-state index contributed by atoms with van der Waals surface area (Å²) in [5.41, 5.74) is 0. The van der Waals surface area contributed by atoms with Crippen LogP contribution < -0.4 is 19.5 Å². The molecule has 1 aromatic rings. The Balaban J connectivity index is 2.05. The fourth-order valence-corrected chi connectivity index (χ4v) is 2.00. The van der Waals surface area contributed by atoms with Crippen LogP contribution in [0.15, 0.2) is 18.2 Å². The third-order valence-electron chi connectivity index (χ3n) is 2.94. The van der Waals surface area contributed by atoms with E-state index < -0.39 is 0 Å². The van der Waals surface area contributed by atoms with E-state index in [9.17, 15) is 0 Å². The summed E-state index contributed by atoms with van der Waals surface area (Å²) in [6.45, 7) is 2.05. The summed E-state index contributed by atoms with van der Waals surface area (Å²) in [6, 6.07) is 5.67. The molecule has 0 aliphatic carbocycles. The number of nitrogens with one attached hydrogen (secondary N) is 1. The summed E-state index contributed by atoms with van der Waals surface area (Å²) in [5.74, 6) is 2.28. The predicted molar refractivity (Wildman–Crippen MR) is 66.1 cm³/mol. The fraction of sp³-hybridized carbons (Fsp3) is 0.538. The average molecular weight is 237 g/mol. The lowest BCUT2D eigenvalue weighted by atomic mass is 10.1. The van der Waals surface area contributed by atoms with Gasteiger partial charge >= 0.3 is 0 Å². The van der Waals surface area contributed by atoms with Crippen molar-refractivity contribution in [3.63, 3.8) is 0 Å². The Bertz CT molecular complexity index is 362. The normalized spacial score (nSPS) is 16.6. The van der Waals surface area contributed by atoms with Crippen LogP contribution >= 0.6 is 0 Å². The van der Waals surface area contributed by atoms with Gasteiger partial charge in [-0.25, -0.2) is 0 Å². The van der Waals surface area contributed by atoms with Crippen LogP contribution in [0.1, 0.15) is 12.8 Å². The quantitative estimate of drug-likeness (QED) is 0.867. The third-order valence-corrected chi connectivity index (χ3v) is 2.94. The topological polar surface area (TPSA) is 39.7 Å². The number of ether oxygens (including phenoxy) is 3.